The fourth-order valence-electron chi connectivity index (χ4n) is 3.25. The van der Waals surface area contributed by atoms with Gasteiger partial charge >= 0.3 is 0 Å². The zero-order valence-electron chi connectivity index (χ0n) is 15.1. The monoisotopic (exact) mass is 461 g/mol. The van der Waals surface area contributed by atoms with Gasteiger partial charge in [-0.05, 0) is 55.3 Å². The summed E-state index contributed by atoms with van der Waals surface area (Å²) in [6, 6.07) is 14.8. The summed E-state index contributed by atoms with van der Waals surface area (Å²) in [5.41, 5.74) is -0.248. The van der Waals surface area contributed by atoms with Crippen molar-refractivity contribution in [2.24, 2.45) is 0 Å². The highest BCUT2D eigenvalue weighted by molar-refractivity contribution is 9.10. The maximum absolute atomic E-state index is 12.7. The first-order valence-corrected chi connectivity index (χ1v) is 11.2. The number of carbonyl (C=O) groups excluding carboxylic acids is 1. The number of nitrogens with one attached hydrogen (secondary N) is 2. The van der Waals surface area contributed by atoms with Gasteiger partial charge in [0.05, 0.1) is 11.0 Å². The van der Waals surface area contributed by atoms with Crippen molar-refractivity contribution in [3.63, 3.8) is 0 Å². The third kappa shape index (κ3) is 4.72. The largest absolute Gasteiger partial charge is 0.334 e. The van der Waals surface area contributed by atoms with E-state index in [4.69, 9.17) is 0 Å². The van der Waals surface area contributed by atoms with E-state index in [1.807, 2.05) is 0 Å². The Kier molecular flexibility index (Phi) is 6.06. The van der Waals surface area contributed by atoms with Crippen LogP contribution in [-0.4, -0.2) is 19.9 Å². The summed E-state index contributed by atoms with van der Waals surface area (Å²) in [5.74, 6) is -0.441. The van der Waals surface area contributed by atoms with E-state index in [-0.39, 0.29) is 10.5 Å². The van der Waals surface area contributed by atoms with E-state index >= 15 is 0 Å². The molecule has 1 amide bonds. The number of halogens is 1. The molecule has 2 aromatic carbocycles. The molecule has 28 heavy (non-hydrogen) atoms. The van der Waals surface area contributed by atoms with Crippen LogP contribution in [0.15, 0.2) is 57.9 Å². The second kappa shape index (κ2) is 8.33. The predicted octanol–water partition coefficient (Wildman–Crippen LogP) is 4.21. The molecule has 0 saturated heterocycles. The molecule has 8 heteroatoms. The predicted molar refractivity (Wildman–Crippen MR) is 110 cm³/mol. The second-order valence-electron chi connectivity index (χ2n) is 6.85. The molecule has 0 bridgehead atoms. The van der Waals surface area contributed by atoms with Crippen LogP contribution in [0.25, 0.3) is 0 Å². The van der Waals surface area contributed by atoms with Crippen molar-refractivity contribution in [2.75, 3.05) is 4.72 Å². The Morgan fingerprint density at radius 1 is 1.07 bits per heavy atom. The van der Waals surface area contributed by atoms with E-state index in [1.54, 1.807) is 30.3 Å². The summed E-state index contributed by atoms with van der Waals surface area (Å²) in [5, 5.41) is 12.3. The number of anilines is 1. The summed E-state index contributed by atoms with van der Waals surface area (Å²) in [6.45, 7) is 0. The highest BCUT2D eigenvalue weighted by Crippen LogP contribution is 2.28. The molecular weight excluding hydrogens is 442 g/mol. The van der Waals surface area contributed by atoms with Gasteiger partial charge in [-0.2, -0.15) is 5.26 Å². The minimum Gasteiger partial charge on any atom is -0.334 e. The minimum absolute atomic E-state index is 0.0160. The molecule has 1 aliphatic carbocycles. The van der Waals surface area contributed by atoms with Gasteiger partial charge in [0.15, 0.2) is 0 Å². The molecule has 0 aliphatic heterocycles. The Balaban J connectivity index is 1.80. The molecule has 6 nitrogen and oxygen atoms in total. The zero-order chi connectivity index (χ0) is 20.2. The zero-order valence-corrected chi connectivity index (χ0v) is 17.5. The van der Waals surface area contributed by atoms with Gasteiger partial charge in [0.2, 0.25) is 0 Å². The SMILES string of the molecule is N#CC1(NC(=O)c2cccc(S(=O)(=O)Nc3ccc(Br)cc3)c2)CCCCC1. The average molecular weight is 462 g/mol. The van der Waals surface area contributed by atoms with Crippen molar-refractivity contribution in [1.29, 1.82) is 5.26 Å². The molecule has 0 aromatic heterocycles. The number of sulfonamides is 1. The van der Waals surface area contributed by atoms with Crippen LogP contribution in [0.1, 0.15) is 42.5 Å². The molecule has 0 unspecified atom stereocenters. The second-order valence-corrected chi connectivity index (χ2v) is 9.45. The maximum Gasteiger partial charge on any atom is 0.261 e. The molecule has 0 heterocycles. The summed E-state index contributed by atoms with van der Waals surface area (Å²) in [4.78, 5) is 12.7. The maximum atomic E-state index is 12.7. The van der Waals surface area contributed by atoms with Gasteiger partial charge < -0.3 is 5.32 Å². The van der Waals surface area contributed by atoms with E-state index in [9.17, 15) is 18.5 Å². The lowest BCUT2D eigenvalue weighted by molar-refractivity contribution is 0.0902. The smallest absolute Gasteiger partial charge is 0.261 e. The van der Waals surface area contributed by atoms with Crippen LogP contribution < -0.4 is 10.0 Å². The number of hydrogen-bond donors (Lipinski definition) is 2. The van der Waals surface area contributed by atoms with Crippen LogP contribution in [0.4, 0.5) is 5.69 Å². The Morgan fingerprint density at radius 3 is 2.39 bits per heavy atom. The van der Waals surface area contributed by atoms with Gasteiger partial charge in [-0.1, -0.05) is 41.3 Å². The lowest BCUT2D eigenvalue weighted by Gasteiger charge is -2.31. The molecular formula is C20H20BrN3O3S. The highest BCUT2D eigenvalue weighted by atomic mass is 79.9. The summed E-state index contributed by atoms with van der Waals surface area (Å²) in [7, 11) is -3.85. The van der Waals surface area contributed by atoms with Gasteiger partial charge in [-0.3, -0.25) is 9.52 Å². The number of nitriles is 1. The van der Waals surface area contributed by atoms with E-state index in [1.165, 1.54) is 18.2 Å². The number of carbonyl (C=O) groups is 1. The molecule has 2 N–H and O–H groups in total. The third-order valence-corrected chi connectivity index (χ3v) is 6.68. The lowest BCUT2D eigenvalue weighted by atomic mass is 9.82. The fourth-order valence-corrected chi connectivity index (χ4v) is 4.61. The van der Waals surface area contributed by atoms with E-state index in [0.29, 0.717) is 18.5 Å². The first-order valence-electron chi connectivity index (χ1n) is 8.96. The highest BCUT2D eigenvalue weighted by Gasteiger charge is 2.34. The standard InChI is InChI=1S/C20H20BrN3O3S/c21-16-7-9-17(10-8-16)24-28(26,27)18-6-4-5-15(13-18)19(25)23-20(14-22)11-2-1-3-12-20/h4-10,13,24H,1-3,11-12H2,(H,23,25). The Labute approximate surface area is 173 Å². The average Bonchev–Trinajstić information content (AvgIpc) is 2.70. The van der Waals surface area contributed by atoms with Gasteiger partial charge in [0.1, 0.15) is 5.54 Å². The summed E-state index contributed by atoms with van der Waals surface area (Å²) < 4.78 is 28.7. The van der Waals surface area contributed by atoms with Crippen LogP contribution in [0.2, 0.25) is 0 Å². The third-order valence-electron chi connectivity index (χ3n) is 4.78. The molecule has 1 aliphatic rings. The molecule has 1 fully saturated rings. The van der Waals surface area contributed by atoms with Crippen LogP contribution >= 0.6 is 15.9 Å². The van der Waals surface area contributed by atoms with Crippen molar-refractivity contribution >= 4 is 37.5 Å². The van der Waals surface area contributed by atoms with Crippen molar-refractivity contribution in [3.8, 4) is 6.07 Å². The Morgan fingerprint density at radius 2 is 1.75 bits per heavy atom. The Hall–Kier alpha value is -2.37. The van der Waals surface area contributed by atoms with Crippen LogP contribution in [0.3, 0.4) is 0 Å². The number of amides is 1. The van der Waals surface area contributed by atoms with E-state index in [0.717, 1.165) is 23.7 Å². The minimum atomic E-state index is -3.85. The van der Waals surface area contributed by atoms with Crippen LogP contribution in [0.5, 0.6) is 0 Å². The van der Waals surface area contributed by atoms with Gasteiger partial charge in [-0.25, -0.2) is 8.42 Å². The number of benzene rings is 2. The van der Waals surface area contributed by atoms with E-state index in [2.05, 4.69) is 32.0 Å². The quantitative estimate of drug-likeness (QED) is 0.696. The number of nitrogens with zero attached hydrogens (tertiary/aromatic N) is 1. The van der Waals surface area contributed by atoms with Crippen molar-refractivity contribution in [1.82, 2.24) is 5.32 Å². The number of rotatable bonds is 5. The number of hydrogen-bond acceptors (Lipinski definition) is 4. The first kappa shape index (κ1) is 20.4. The molecule has 146 valence electrons. The van der Waals surface area contributed by atoms with Crippen molar-refractivity contribution in [2.45, 2.75) is 42.5 Å². The van der Waals surface area contributed by atoms with Crippen molar-refractivity contribution < 1.29 is 13.2 Å². The lowest BCUT2D eigenvalue weighted by Crippen LogP contribution is -2.48. The van der Waals surface area contributed by atoms with Gasteiger partial charge in [-0.15, -0.1) is 0 Å². The topological polar surface area (TPSA) is 99.1 Å². The summed E-state index contributed by atoms with van der Waals surface area (Å²) in [6.07, 6.45) is 4.05. The normalized spacial score (nSPS) is 16.0. The summed E-state index contributed by atoms with van der Waals surface area (Å²) >= 11 is 3.30. The molecule has 0 atom stereocenters. The van der Waals surface area contributed by atoms with Gasteiger partial charge in [0, 0.05) is 15.7 Å². The molecule has 2 aromatic rings. The van der Waals surface area contributed by atoms with Gasteiger partial charge in [0.25, 0.3) is 15.9 Å². The molecule has 0 radical (unpaired) electrons. The molecule has 1 saturated carbocycles. The first-order chi connectivity index (χ1) is 13.3. The van der Waals surface area contributed by atoms with Crippen LogP contribution in [0, 0.1) is 11.3 Å². The molecule has 3 rings (SSSR count). The Bertz CT molecular complexity index is 1010. The van der Waals surface area contributed by atoms with Crippen molar-refractivity contribution in [3.05, 3.63) is 58.6 Å². The van der Waals surface area contributed by atoms with E-state index < -0.39 is 21.5 Å². The van der Waals surface area contributed by atoms with Crippen LogP contribution in [-0.2, 0) is 10.0 Å². The molecule has 0 spiro atoms. The fraction of sp³-hybridized carbons (Fsp3) is 0.300.